The number of carboxylic acid groups (broad SMARTS) is 1. The van der Waals surface area contributed by atoms with Crippen molar-refractivity contribution in [2.45, 2.75) is 6.92 Å². The lowest BCUT2D eigenvalue weighted by atomic mass is 10.2. The van der Waals surface area contributed by atoms with E-state index in [0.717, 1.165) is 5.56 Å². The van der Waals surface area contributed by atoms with Crippen LogP contribution in [0.5, 0.6) is 0 Å². The van der Waals surface area contributed by atoms with E-state index in [1.807, 2.05) is 25.1 Å². The Morgan fingerprint density at radius 1 is 1.10 bits per heavy atom. The topological polar surface area (TPSA) is 78.4 Å². The van der Waals surface area contributed by atoms with Crippen LogP contribution in [0.15, 0.2) is 46.9 Å². The van der Waals surface area contributed by atoms with Crippen LogP contribution in [0, 0.1) is 6.92 Å². The fourth-order valence-electron chi connectivity index (χ4n) is 1.81. The summed E-state index contributed by atoms with van der Waals surface area (Å²) in [6.45, 7) is 1.92. The second-order valence-corrected chi connectivity index (χ2v) is 5.36. The van der Waals surface area contributed by atoms with Crippen LogP contribution in [-0.4, -0.2) is 17.1 Å². The van der Waals surface area contributed by atoms with Crippen LogP contribution < -0.4 is 10.6 Å². The molecular weight excluding hydrogens is 336 g/mol. The van der Waals surface area contributed by atoms with Crippen LogP contribution in [0.4, 0.5) is 16.2 Å². The van der Waals surface area contributed by atoms with Crippen molar-refractivity contribution in [3.63, 3.8) is 0 Å². The predicted molar refractivity (Wildman–Crippen MR) is 84.9 cm³/mol. The van der Waals surface area contributed by atoms with E-state index < -0.39 is 12.0 Å². The van der Waals surface area contributed by atoms with E-state index in [1.54, 1.807) is 12.1 Å². The molecule has 0 radical (unpaired) electrons. The molecule has 5 nitrogen and oxygen atoms in total. The van der Waals surface area contributed by atoms with Gasteiger partial charge in [0.2, 0.25) is 0 Å². The molecule has 2 aromatic carbocycles. The highest BCUT2D eigenvalue weighted by molar-refractivity contribution is 9.10. The second kappa shape index (κ2) is 6.41. The number of amides is 2. The van der Waals surface area contributed by atoms with Crippen LogP contribution in [0.2, 0.25) is 0 Å². The first-order valence-corrected chi connectivity index (χ1v) is 6.92. The number of carbonyl (C=O) groups is 2. The van der Waals surface area contributed by atoms with E-state index in [1.165, 1.54) is 12.1 Å². The number of aryl methyl sites for hydroxylation is 1. The van der Waals surface area contributed by atoms with Crippen LogP contribution in [0.3, 0.4) is 0 Å². The van der Waals surface area contributed by atoms with Gasteiger partial charge in [0.25, 0.3) is 0 Å². The molecule has 0 heterocycles. The molecule has 108 valence electrons. The Labute approximate surface area is 130 Å². The number of benzene rings is 2. The zero-order chi connectivity index (χ0) is 15.4. The van der Waals surface area contributed by atoms with Gasteiger partial charge < -0.3 is 15.7 Å². The number of nitrogens with one attached hydrogen (secondary N) is 2. The molecule has 0 fully saturated rings. The van der Waals surface area contributed by atoms with Gasteiger partial charge in [0.1, 0.15) is 0 Å². The number of halogens is 1. The van der Waals surface area contributed by atoms with E-state index in [4.69, 9.17) is 5.11 Å². The van der Waals surface area contributed by atoms with Crippen LogP contribution in [-0.2, 0) is 0 Å². The van der Waals surface area contributed by atoms with Gasteiger partial charge in [-0.3, -0.25) is 0 Å². The molecule has 0 aliphatic heterocycles. The molecule has 2 amide bonds. The molecule has 0 spiro atoms. The standard InChI is InChI=1S/C15H13BrN2O3/c1-9-3-2-4-11(7-9)17-15(21)18-13-6-5-10(16)8-12(13)14(19)20/h2-8H,1H3,(H,19,20)(H2,17,18,21). The summed E-state index contributed by atoms with van der Waals surface area (Å²) in [6, 6.07) is 11.5. The first-order valence-electron chi connectivity index (χ1n) is 6.13. The van der Waals surface area contributed by atoms with Crippen molar-refractivity contribution in [3.8, 4) is 0 Å². The third-order valence-electron chi connectivity index (χ3n) is 2.74. The number of hydrogen-bond acceptors (Lipinski definition) is 2. The SMILES string of the molecule is Cc1cccc(NC(=O)Nc2ccc(Br)cc2C(=O)O)c1. The normalized spacial score (nSPS) is 10.0. The van der Waals surface area contributed by atoms with E-state index in [9.17, 15) is 9.59 Å². The molecule has 2 aromatic rings. The van der Waals surface area contributed by atoms with Crippen molar-refractivity contribution >= 4 is 39.3 Å². The molecule has 0 aliphatic rings. The molecule has 0 saturated carbocycles. The van der Waals surface area contributed by atoms with E-state index in [-0.39, 0.29) is 11.3 Å². The number of carboxylic acids is 1. The van der Waals surface area contributed by atoms with E-state index >= 15 is 0 Å². The molecule has 0 bridgehead atoms. The van der Waals surface area contributed by atoms with Crippen molar-refractivity contribution < 1.29 is 14.7 Å². The molecule has 3 N–H and O–H groups in total. The van der Waals surface area contributed by atoms with Gasteiger partial charge in [0.05, 0.1) is 11.3 Å². The van der Waals surface area contributed by atoms with Crippen molar-refractivity contribution in [1.82, 2.24) is 0 Å². The summed E-state index contributed by atoms with van der Waals surface area (Å²) >= 11 is 3.20. The Bertz CT molecular complexity index is 701. The molecule has 0 saturated heterocycles. The zero-order valence-corrected chi connectivity index (χ0v) is 12.8. The highest BCUT2D eigenvalue weighted by Crippen LogP contribution is 2.21. The summed E-state index contributed by atoms with van der Waals surface area (Å²) in [4.78, 5) is 23.1. The predicted octanol–water partition coefficient (Wildman–Crippen LogP) is 4.10. The number of hydrogen-bond donors (Lipinski definition) is 3. The molecule has 0 aromatic heterocycles. The third kappa shape index (κ3) is 4.06. The summed E-state index contributed by atoms with van der Waals surface area (Å²) in [7, 11) is 0. The number of aromatic carboxylic acids is 1. The van der Waals surface area contributed by atoms with Crippen molar-refractivity contribution in [2.75, 3.05) is 10.6 Å². The largest absolute Gasteiger partial charge is 0.478 e. The van der Waals surface area contributed by atoms with Crippen LogP contribution >= 0.6 is 15.9 Å². The lowest BCUT2D eigenvalue weighted by molar-refractivity contribution is 0.0698. The summed E-state index contributed by atoms with van der Waals surface area (Å²) in [5.74, 6) is -1.11. The summed E-state index contributed by atoms with van der Waals surface area (Å²) < 4.78 is 0.629. The molecule has 0 atom stereocenters. The molecule has 0 unspecified atom stereocenters. The van der Waals surface area contributed by atoms with Crippen molar-refractivity contribution in [1.29, 1.82) is 0 Å². The van der Waals surface area contributed by atoms with Gasteiger partial charge in [-0.2, -0.15) is 0 Å². The highest BCUT2D eigenvalue weighted by atomic mass is 79.9. The molecule has 2 rings (SSSR count). The van der Waals surface area contributed by atoms with Gasteiger partial charge in [-0.05, 0) is 42.8 Å². The quantitative estimate of drug-likeness (QED) is 0.781. The summed E-state index contributed by atoms with van der Waals surface area (Å²) in [6.07, 6.45) is 0. The van der Waals surface area contributed by atoms with E-state index in [0.29, 0.717) is 10.2 Å². The minimum Gasteiger partial charge on any atom is -0.478 e. The number of carbonyl (C=O) groups excluding carboxylic acids is 1. The van der Waals surface area contributed by atoms with Gasteiger partial charge in [0, 0.05) is 10.2 Å². The minimum absolute atomic E-state index is 0.0174. The first-order chi connectivity index (χ1) is 9.95. The third-order valence-corrected chi connectivity index (χ3v) is 3.23. The maximum atomic E-state index is 11.9. The van der Waals surface area contributed by atoms with Crippen LogP contribution in [0.1, 0.15) is 15.9 Å². The van der Waals surface area contributed by atoms with Gasteiger partial charge in [0.15, 0.2) is 0 Å². The van der Waals surface area contributed by atoms with Gasteiger partial charge >= 0.3 is 12.0 Å². The lowest BCUT2D eigenvalue weighted by Gasteiger charge is -2.10. The number of urea groups is 1. The number of rotatable bonds is 3. The van der Waals surface area contributed by atoms with Gasteiger partial charge in [-0.15, -0.1) is 0 Å². The smallest absolute Gasteiger partial charge is 0.337 e. The molecule has 0 aliphatic carbocycles. The first kappa shape index (κ1) is 15.1. The lowest BCUT2D eigenvalue weighted by Crippen LogP contribution is -2.21. The Kier molecular flexibility index (Phi) is 4.59. The maximum absolute atomic E-state index is 11.9. The van der Waals surface area contributed by atoms with Crippen LogP contribution in [0.25, 0.3) is 0 Å². The fourth-order valence-corrected chi connectivity index (χ4v) is 2.17. The highest BCUT2D eigenvalue weighted by Gasteiger charge is 2.13. The second-order valence-electron chi connectivity index (χ2n) is 4.44. The number of anilines is 2. The minimum atomic E-state index is -1.11. The Balaban J connectivity index is 2.15. The Morgan fingerprint density at radius 3 is 2.52 bits per heavy atom. The maximum Gasteiger partial charge on any atom is 0.337 e. The average molecular weight is 349 g/mol. The fraction of sp³-hybridized carbons (Fsp3) is 0.0667. The van der Waals surface area contributed by atoms with Gasteiger partial charge in [-0.1, -0.05) is 28.1 Å². The summed E-state index contributed by atoms with van der Waals surface area (Å²) in [5, 5.41) is 14.3. The van der Waals surface area contributed by atoms with Crippen molar-refractivity contribution in [2.24, 2.45) is 0 Å². The molecule has 6 heteroatoms. The molecular formula is C15H13BrN2O3. The van der Waals surface area contributed by atoms with Gasteiger partial charge in [-0.25, -0.2) is 9.59 Å². The molecule has 21 heavy (non-hydrogen) atoms. The van der Waals surface area contributed by atoms with E-state index in [2.05, 4.69) is 26.6 Å². The Hall–Kier alpha value is -2.34. The van der Waals surface area contributed by atoms with Crippen molar-refractivity contribution in [3.05, 3.63) is 58.1 Å². The average Bonchev–Trinajstić information content (AvgIpc) is 2.40. The zero-order valence-electron chi connectivity index (χ0n) is 11.2. The summed E-state index contributed by atoms with van der Waals surface area (Å²) in [5.41, 5.74) is 1.91. The monoisotopic (exact) mass is 348 g/mol. The Morgan fingerprint density at radius 2 is 1.86 bits per heavy atom.